The van der Waals surface area contributed by atoms with E-state index in [1.807, 2.05) is 30.3 Å². The first-order valence-electron chi connectivity index (χ1n) is 9.62. The van der Waals surface area contributed by atoms with Gasteiger partial charge in [-0.15, -0.1) is 0 Å². The summed E-state index contributed by atoms with van der Waals surface area (Å²) in [5.74, 6) is 1.29. The summed E-state index contributed by atoms with van der Waals surface area (Å²) in [5, 5.41) is 2.97. The number of carbonyl (C=O) groups is 2. The molecule has 1 aliphatic heterocycles. The van der Waals surface area contributed by atoms with Crippen LogP contribution in [0.4, 0.5) is 0 Å². The summed E-state index contributed by atoms with van der Waals surface area (Å²) >= 11 is 0. The topological polar surface area (TPSA) is 84.7 Å². The molecule has 1 heterocycles. The van der Waals surface area contributed by atoms with Crippen LogP contribution < -0.4 is 15.8 Å². The second-order valence-corrected chi connectivity index (χ2v) is 7.34. The van der Waals surface area contributed by atoms with Crippen LogP contribution in [0.3, 0.4) is 0 Å². The molecule has 1 aromatic carbocycles. The first-order chi connectivity index (χ1) is 12.6. The zero-order chi connectivity index (χ0) is 18.4. The Morgan fingerprint density at radius 1 is 1.23 bits per heavy atom. The third-order valence-electron chi connectivity index (χ3n) is 5.21. The molecule has 2 aliphatic rings. The first-order valence-corrected chi connectivity index (χ1v) is 9.62. The normalized spacial score (nSPS) is 21.1. The van der Waals surface area contributed by atoms with Gasteiger partial charge in [-0.05, 0) is 43.7 Å². The SMILES string of the molecule is NC(CNC(=O)C1CCCN(C(=O)CCOc2ccccc2)C1)C1CC1. The van der Waals surface area contributed by atoms with Crippen molar-refractivity contribution in [2.45, 2.75) is 38.1 Å². The third kappa shape index (κ3) is 5.46. The fourth-order valence-electron chi connectivity index (χ4n) is 3.40. The van der Waals surface area contributed by atoms with Crippen LogP contribution in [0.2, 0.25) is 0 Å². The zero-order valence-corrected chi connectivity index (χ0v) is 15.2. The lowest BCUT2D eigenvalue weighted by atomic mass is 9.96. The molecular weight excluding hydrogens is 330 g/mol. The van der Waals surface area contributed by atoms with Gasteiger partial charge < -0.3 is 20.7 Å². The Morgan fingerprint density at radius 2 is 2.00 bits per heavy atom. The first kappa shape index (κ1) is 18.7. The van der Waals surface area contributed by atoms with Crippen molar-refractivity contribution in [2.24, 2.45) is 17.6 Å². The molecule has 1 saturated carbocycles. The van der Waals surface area contributed by atoms with Crippen molar-refractivity contribution in [1.82, 2.24) is 10.2 Å². The van der Waals surface area contributed by atoms with Gasteiger partial charge in [0.1, 0.15) is 5.75 Å². The zero-order valence-electron chi connectivity index (χ0n) is 15.2. The summed E-state index contributed by atoms with van der Waals surface area (Å²) < 4.78 is 5.59. The Kier molecular flexibility index (Phi) is 6.50. The second kappa shape index (κ2) is 9.03. The van der Waals surface area contributed by atoms with E-state index in [0.717, 1.165) is 25.1 Å². The summed E-state index contributed by atoms with van der Waals surface area (Å²) in [6, 6.07) is 9.54. The number of nitrogens with one attached hydrogen (secondary N) is 1. The number of piperidine rings is 1. The van der Waals surface area contributed by atoms with Crippen molar-refractivity contribution < 1.29 is 14.3 Å². The van der Waals surface area contributed by atoms with Crippen LogP contribution in [-0.2, 0) is 9.59 Å². The highest BCUT2D eigenvalue weighted by Gasteiger charge is 2.31. The lowest BCUT2D eigenvalue weighted by Crippen LogP contribution is -2.47. The predicted molar refractivity (Wildman–Crippen MR) is 99.6 cm³/mol. The molecule has 2 amide bonds. The molecule has 1 aliphatic carbocycles. The molecule has 6 heteroatoms. The number of carbonyl (C=O) groups excluding carboxylic acids is 2. The molecule has 2 unspecified atom stereocenters. The Bertz CT molecular complexity index is 604. The average molecular weight is 359 g/mol. The van der Waals surface area contributed by atoms with Gasteiger partial charge >= 0.3 is 0 Å². The van der Waals surface area contributed by atoms with E-state index >= 15 is 0 Å². The Labute approximate surface area is 155 Å². The van der Waals surface area contributed by atoms with Crippen LogP contribution in [0.1, 0.15) is 32.1 Å². The molecule has 3 N–H and O–H groups in total. The molecule has 0 radical (unpaired) electrons. The third-order valence-corrected chi connectivity index (χ3v) is 5.21. The van der Waals surface area contributed by atoms with Crippen molar-refractivity contribution >= 4 is 11.8 Å². The highest BCUT2D eigenvalue weighted by atomic mass is 16.5. The fraction of sp³-hybridized carbons (Fsp3) is 0.600. The van der Waals surface area contributed by atoms with Gasteiger partial charge in [0.15, 0.2) is 0 Å². The summed E-state index contributed by atoms with van der Waals surface area (Å²) in [4.78, 5) is 26.6. The van der Waals surface area contributed by atoms with Crippen LogP contribution in [0.5, 0.6) is 5.75 Å². The van der Waals surface area contributed by atoms with Crippen LogP contribution in [-0.4, -0.2) is 49.0 Å². The van der Waals surface area contributed by atoms with E-state index in [-0.39, 0.29) is 23.8 Å². The van der Waals surface area contributed by atoms with Gasteiger partial charge in [0.25, 0.3) is 0 Å². The van der Waals surface area contributed by atoms with E-state index in [0.29, 0.717) is 32.0 Å². The summed E-state index contributed by atoms with van der Waals surface area (Å²) in [7, 11) is 0. The molecule has 0 bridgehead atoms. The van der Waals surface area contributed by atoms with Gasteiger partial charge in [0.05, 0.1) is 18.9 Å². The monoisotopic (exact) mass is 359 g/mol. The highest BCUT2D eigenvalue weighted by molar-refractivity contribution is 5.81. The summed E-state index contributed by atoms with van der Waals surface area (Å²) in [5.41, 5.74) is 6.04. The molecule has 0 aromatic heterocycles. The standard InChI is InChI=1S/C20H29N3O3/c21-18(15-8-9-15)13-22-20(25)16-5-4-11-23(14-16)19(24)10-12-26-17-6-2-1-3-7-17/h1-3,6-7,15-16,18H,4-5,8-14,21H2,(H,22,25). The second-order valence-electron chi connectivity index (χ2n) is 7.34. The molecule has 0 spiro atoms. The summed E-state index contributed by atoms with van der Waals surface area (Å²) in [6.45, 7) is 2.11. The van der Waals surface area contributed by atoms with Crippen molar-refractivity contribution in [3.05, 3.63) is 30.3 Å². The van der Waals surface area contributed by atoms with E-state index in [2.05, 4.69) is 5.32 Å². The van der Waals surface area contributed by atoms with Crippen molar-refractivity contribution in [2.75, 3.05) is 26.2 Å². The molecule has 1 saturated heterocycles. The van der Waals surface area contributed by atoms with E-state index < -0.39 is 0 Å². The van der Waals surface area contributed by atoms with Gasteiger partial charge in [-0.25, -0.2) is 0 Å². The number of rotatable bonds is 8. The molecular formula is C20H29N3O3. The fourth-order valence-corrected chi connectivity index (χ4v) is 3.40. The minimum atomic E-state index is -0.130. The lowest BCUT2D eigenvalue weighted by Gasteiger charge is -2.32. The number of ether oxygens (including phenoxy) is 1. The Hall–Kier alpha value is -2.08. The van der Waals surface area contributed by atoms with Gasteiger partial charge in [-0.2, -0.15) is 0 Å². The molecule has 142 valence electrons. The van der Waals surface area contributed by atoms with Crippen LogP contribution in [0.25, 0.3) is 0 Å². The number of amides is 2. The number of hydrogen-bond acceptors (Lipinski definition) is 4. The Balaban J connectivity index is 1.39. The van der Waals surface area contributed by atoms with Crippen molar-refractivity contribution in [3.63, 3.8) is 0 Å². The number of para-hydroxylation sites is 1. The molecule has 1 aromatic rings. The van der Waals surface area contributed by atoms with Gasteiger partial charge in [-0.1, -0.05) is 18.2 Å². The quantitative estimate of drug-likeness (QED) is 0.737. The summed E-state index contributed by atoms with van der Waals surface area (Å²) in [6.07, 6.45) is 4.37. The largest absolute Gasteiger partial charge is 0.493 e. The average Bonchev–Trinajstić information content (AvgIpc) is 3.52. The van der Waals surface area contributed by atoms with E-state index in [9.17, 15) is 9.59 Å². The number of benzene rings is 1. The molecule has 2 fully saturated rings. The van der Waals surface area contributed by atoms with E-state index in [1.54, 1.807) is 4.90 Å². The predicted octanol–water partition coefficient (Wildman–Crippen LogP) is 1.55. The van der Waals surface area contributed by atoms with Crippen LogP contribution in [0.15, 0.2) is 30.3 Å². The minimum absolute atomic E-state index is 0.0270. The Morgan fingerprint density at radius 3 is 2.73 bits per heavy atom. The maximum Gasteiger partial charge on any atom is 0.226 e. The molecule has 26 heavy (non-hydrogen) atoms. The van der Waals surface area contributed by atoms with E-state index in [4.69, 9.17) is 10.5 Å². The number of nitrogens with two attached hydrogens (primary N) is 1. The van der Waals surface area contributed by atoms with Crippen molar-refractivity contribution in [1.29, 1.82) is 0 Å². The molecule has 2 atom stereocenters. The minimum Gasteiger partial charge on any atom is -0.493 e. The number of nitrogens with zero attached hydrogens (tertiary/aromatic N) is 1. The van der Waals surface area contributed by atoms with E-state index in [1.165, 1.54) is 12.8 Å². The maximum atomic E-state index is 12.4. The lowest BCUT2D eigenvalue weighted by molar-refractivity contribution is -0.136. The highest BCUT2D eigenvalue weighted by Crippen LogP contribution is 2.31. The van der Waals surface area contributed by atoms with Crippen molar-refractivity contribution in [3.8, 4) is 5.75 Å². The maximum absolute atomic E-state index is 12.4. The van der Waals surface area contributed by atoms with Gasteiger partial charge in [0.2, 0.25) is 11.8 Å². The molecule has 6 nitrogen and oxygen atoms in total. The van der Waals surface area contributed by atoms with Crippen LogP contribution in [0, 0.1) is 11.8 Å². The molecule has 3 rings (SSSR count). The van der Waals surface area contributed by atoms with Gasteiger partial charge in [0, 0.05) is 25.7 Å². The number of likely N-dealkylation sites (tertiary alicyclic amines) is 1. The van der Waals surface area contributed by atoms with Crippen LogP contribution >= 0.6 is 0 Å². The number of hydrogen-bond donors (Lipinski definition) is 2. The smallest absolute Gasteiger partial charge is 0.226 e. The van der Waals surface area contributed by atoms with Gasteiger partial charge in [-0.3, -0.25) is 9.59 Å².